The SMILES string of the molecule is CCc1cccc(CNC[C@@H](OC(=O)c2ccoc2C2SCCCS2)[C@@H](N)Cc2cc(F)cc(F)c2)c1. The summed E-state index contributed by atoms with van der Waals surface area (Å²) in [4.78, 5) is 13.3. The zero-order valence-electron chi connectivity index (χ0n) is 20.8. The van der Waals surface area contributed by atoms with Crippen LogP contribution in [0.5, 0.6) is 0 Å². The Kier molecular flexibility index (Phi) is 10.1. The molecule has 2 aromatic carbocycles. The Hall–Kier alpha value is -2.33. The van der Waals surface area contributed by atoms with Crippen LogP contribution in [-0.4, -0.2) is 36.2 Å². The highest BCUT2D eigenvalue weighted by molar-refractivity contribution is 8.16. The van der Waals surface area contributed by atoms with E-state index in [1.165, 1.54) is 24.0 Å². The van der Waals surface area contributed by atoms with Crippen molar-refractivity contribution in [3.8, 4) is 0 Å². The van der Waals surface area contributed by atoms with E-state index in [4.69, 9.17) is 14.9 Å². The first-order valence-electron chi connectivity index (χ1n) is 12.4. The average molecular weight is 547 g/mol. The minimum Gasteiger partial charge on any atom is -0.466 e. The van der Waals surface area contributed by atoms with E-state index in [9.17, 15) is 13.6 Å². The molecule has 4 rings (SSSR count). The monoisotopic (exact) mass is 546 g/mol. The molecule has 0 spiro atoms. The van der Waals surface area contributed by atoms with Crippen LogP contribution in [0, 0.1) is 11.6 Å². The topological polar surface area (TPSA) is 77.5 Å². The number of thioether (sulfide) groups is 2. The van der Waals surface area contributed by atoms with Gasteiger partial charge in [0.15, 0.2) is 0 Å². The van der Waals surface area contributed by atoms with Crippen molar-refractivity contribution in [1.29, 1.82) is 0 Å². The molecule has 9 heteroatoms. The zero-order chi connectivity index (χ0) is 26.2. The first-order valence-corrected chi connectivity index (χ1v) is 14.5. The third kappa shape index (κ3) is 7.83. The van der Waals surface area contributed by atoms with Crippen molar-refractivity contribution in [2.45, 2.75) is 49.5 Å². The lowest BCUT2D eigenvalue weighted by Gasteiger charge is -2.25. The molecule has 3 N–H and O–H groups in total. The summed E-state index contributed by atoms with van der Waals surface area (Å²) >= 11 is 3.50. The molecule has 0 radical (unpaired) electrons. The number of hydrogen-bond donors (Lipinski definition) is 2. The van der Waals surface area contributed by atoms with E-state index < -0.39 is 29.7 Å². The quantitative estimate of drug-likeness (QED) is 0.291. The van der Waals surface area contributed by atoms with Gasteiger partial charge in [0.25, 0.3) is 0 Å². The molecule has 0 saturated carbocycles. The lowest BCUT2D eigenvalue weighted by Crippen LogP contribution is -2.46. The fourth-order valence-corrected chi connectivity index (χ4v) is 7.11. The normalized spacial score (nSPS) is 15.9. The van der Waals surface area contributed by atoms with E-state index >= 15 is 0 Å². The summed E-state index contributed by atoms with van der Waals surface area (Å²) in [5.41, 5.74) is 9.59. The first-order chi connectivity index (χ1) is 17.9. The Morgan fingerprint density at radius 3 is 2.57 bits per heavy atom. The summed E-state index contributed by atoms with van der Waals surface area (Å²) in [6.45, 7) is 2.95. The molecule has 0 amide bonds. The highest BCUT2D eigenvalue weighted by Gasteiger charge is 2.29. The van der Waals surface area contributed by atoms with Crippen molar-refractivity contribution >= 4 is 29.5 Å². The molecule has 2 heterocycles. The summed E-state index contributed by atoms with van der Waals surface area (Å²) in [6, 6.07) is 12.5. The Morgan fingerprint density at radius 1 is 1.11 bits per heavy atom. The van der Waals surface area contributed by atoms with Gasteiger partial charge < -0.3 is 20.2 Å². The first kappa shape index (κ1) is 27.7. The van der Waals surface area contributed by atoms with Gasteiger partial charge in [-0.1, -0.05) is 31.2 Å². The lowest BCUT2D eigenvalue weighted by atomic mass is 10.0. The lowest BCUT2D eigenvalue weighted by molar-refractivity contribution is 0.0236. The molecule has 0 unspecified atom stereocenters. The van der Waals surface area contributed by atoms with Crippen molar-refractivity contribution in [3.05, 3.63) is 94.4 Å². The standard InChI is InChI=1S/C28H32F2N2O3S2/c1-2-18-5-3-6-19(11-18)16-32-17-25(24(31)14-20-12-21(29)15-22(30)13-20)35-27(33)23-7-8-34-26(23)28-36-9-4-10-37-28/h3,5-8,11-13,15,24-25,28,32H,2,4,9-10,14,16-17,31H2,1H3/t24-,25+/m0/s1. The van der Waals surface area contributed by atoms with Crippen molar-refractivity contribution < 1.29 is 22.7 Å². The Morgan fingerprint density at radius 2 is 1.84 bits per heavy atom. The molecule has 0 aliphatic carbocycles. The van der Waals surface area contributed by atoms with Gasteiger partial charge in [0.2, 0.25) is 0 Å². The number of nitrogens with two attached hydrogens (primary N) is 1. The van der Waals surface area contributed by atoms with Gasteiger partial charge in [-0.25, -0.2) is 13.6 Å². The van der Waals surface area contributed by atoms with Crippen LogP contribution in [0.3, 0.4) is 0 Å². The van der Waals surface area contributed by atoms with Crippen LogP contribution in [0.25, 0.3) is 0 Å². The Bertz CT molecular complexity index is 1160. The summed E-state index contributed by atoms with van der Waals surface area (Å²) in [7, 11) is 0. The number of benzene rings is 2. The highest BCUT2D eigenvalue weighted by atomic mass is 32.2. The van der Waals surface area contributed by atoms with Crippen LogP contribution < -0.4 is 11.1 Å². The molecular formula is C28H32F2N2O3S2. The van der Waals surface area contributed by atoms with Gasteiger partial charge >= 0.3 is 5.97 Å². The van der Waals surface area contributed by atoms with E-state index in [0.29, 0.717) is 23.4 Å². The van der Waals surface area contributed by atoms with Gasteiger partial charge in [0, 0.05) is 25.2 Å². The fraction of sp³-hybridized carbons (Fsp3) is 0.393. The molecule has 0 bridgehead atoms. The smallest absolute Gasteiger partial charge is 0.342 e. The van der Waals surface area contributed by atoms with Crippen molar-refractivity contribution in [2.24, 2.45) is 5.73 Å². The van der Waals surface area contributed by atoms with Crippen molar-refractivity contribution in [2.75, 3.05) is 18.1 Å². The van der Waals surface area contributed by atoms with Crippen LogP contribution in [0.15, 0.2) is 59.2 Å². The van der Waals surface area contributed by atoms with Gasteiger partial charge in [0.05, 0.1) is 6.26 Å². The molecule has 5 nitrogen and oxygen atoms in total. The maximum Gasteiger partial charge on any atom is 0.342 e. The summed E-state index contributed by atoms with van der Waals surface area (Å²) < 4.78 is 39.1. The number of halogens is 2. The van der Waals surface area contributed by atoms with E-state index in [1.807, 2.05) is 12.1 Å². The zero-order valence-corrected chi connectivity index (χ0v) is 22.4. The number of rotatable bonds is 11. The minimum absolute atomic E-state index is 0.0395. The van der Waals surface area contributed by atoms with Crippen LogP contribution in [0.2, 0.25) is 0 Å². The largest absolute Gasteiger partial charge is 0.466 e. The van der Waals surface area contributed by atoms with E-state index in [2.05, 4.69) is 24.4 Å². The number of esters is 1. The maximum atomic E-state index is 13.8. The Balaban J connectivity index is 1.47. The second-order valence-electron chi connectivity index (χ2n) is 9.02. The molecule has 1 aromatic heterocycles. The number of ether oxygens (including phenoxy) is 1. The van der Waals surface area contributed by atoms with Gasteiger partial charge in [-0.15, -0.1) is 23.5 Å². The van der Waals surface area contributed by atoms with Crippen molar-refractivity contribution in [3.63, 3.8) is 0 Å². The van der Waals surface area contributed by atoms with Gasteiger partial charge in [-0.3, -0.25) is 0 Å². The molecule has 3 aromatic rings. The predicted octanol–water partition coefficient (Wildman–Crippen LogP) is 5.87. The highest BCUT2D eigenvalue weighted by Crippen LogP contribution is 2.45. The molecule has 1 aliphatic heterocycles. The number of furan rings is 1. The van der Waals surface area contributed by atoms with Crippen LogP contribution in [-0.2, 0) is 24.1 Å². The average Bonchev–Trinajstić information content (AvgIpc) is 3.38. The van der Waals surface area contributed by atoms with Crippen molar-refractivity contribution in [1.82, 2.24) is 5.32 Å². The second-order valence-corrected chi connectivity index (χ2v) is 11.7. The maximum absolute atomic E-state index is 13.8. The predicted molar refractivity (Wildman–Crippen MR) is 146 cm³/mol. The minimum atomic E-state index is -0.734. The summed E-state index contributed by atoms with van der Waals surface area (Å²) in [5.74, 6) is 0.756. The molecule has 198 valence electrons. The molecule has 1 saturated heterocycles. The van der Waals surface area contributed by atoms with Gasteiger partial charge in [-0.05, 0) is 65.7 Å². The van der Waals surface area contributed by atoms with Crippen LogP contribution in [0.4, 0.5) is 8.78 Å². The van der Waals surface area contributed by atoms with Crippen LogP contribution >= 0.6 is 23.5 Å². The van der Waals surface area contributed by atoms with Gasteiger partial charge in [0.1, 0.15) is 33.6 Å². The van der Waals surface area contributed by atoms with Gasteiger partial charge in [-0.2, -0.15) is 0 Å². The molecule has 37 heavy (non-hydrogen) atoms. The molecule has 1 fully saturated rings. The molecule has 1 aliphatic rings. The van der Waals surface area contributed by atoms with E-state index in [1.54, 1.807) is 29.6 Å². The molecular weight excluding hydrogens is 514 g/mol. The third-order valence-corrected chi connectivity index (χ3v) is 9.06. The van der Waals surface area contributed by atoms with Crippen LogP contribution in [0.1, 0.15) is 50.7 Å². The summed E-state index contributed by atoms with van der Waals surface area (Å²) in [6.07, 6.45) is 2.98. The summed E-state index contributed by atoms with van der Waals surface area (Å²) in [5, 5.41) is 3.33. The number of carbonyl (C=O) groups excluding carboxylic acids is 1. The van der Waals surface area contributed by atoms with E-state index in [0.717, 1.165) is 36.0 Å². The number of hydrogen-bond acceptors (Lipinski definition) is 7. The number of aryl methyl sites for hydroxylation is 1. The number of nitrogens with one attached hydrogen (secondary N) is 1. The third-order valence-electron chi connectivity index (χ3n) is 6.16. The van der Waals surface area contributed by atoms with E-state index in [-0.39, 0.29) is 17.5 Å². The fourth-order valence-electron chi connectivity index (χ4n) is 4.24. The molecule has 2 atom stereocenters. The second kappa shape index (κ2) is 13.5. The Labute approximate surface area is 224 Å². The number of carbonyl (C=O) groups is 1.